The predicted molar refractivity (Wildman–Crippen MR) is 88.9 cm³/mol. The lowest BCUT2D eigenvalue weighted by molar-refractivity contribution is 0.0922. The van der Waals surface area contributed by atoms with Crippen molar-refractivity contribution in [3.8, 4) is 0 Å². The van der Waals surface area contributed by atoms with Crippen molar-refractivity contribution < 1.29 is 4.79 Å². The quantitative estimate of drug-likeness (QED) is 0.838. The minimum atomic E-state index is -0.101. The van der Waals surface area contributed by atoms with Crippen LogP contribution in [-0.2, 0) is 0 Å². The third kappa shape index (κ3) is 4.62. The Morgan fingerprint density at radius 1 is 1.55 bits per heavy atom. The molecule has 1 heterocycles. The number of hydrogen-bond acceptors (Lipinski definition) is 2. The van der Waals surface area contributed by atoms with Crippen LogP contribution in [0.3, 0.4) is 0 Å². The summed E-state index contributed by atoms with van der Waals surface area (Å²) in [6, 6.07) is 5.46. The number of piperidine rings is 1. The van der Waals surface area contributed by atoms with E-state index in [2.05, 4.69) is 33.5 Å². The maximum Gasteiger partial charge on any atom is 0.253 e. The van der Waals surface area contributed by atoms with Crippen LogP contribution in [0, 0.1) is 5.92 Å². The first kappa shape index (κ1) is 17.8. The minimum Gasteiger partial charge on any atom is -0.349 e. The van der Waals surface area contributed by atoms with Crippen LogP contribution in [0.25, 0.3) is 0 Å². The Labute approximate surface area is 139 Å². The molecule has 1 amide bonds. The van der Waals surface area contributed by atoms with E-state index >= 15 is 0 Å². The Morgan fingerprint density at radius 2 is 2.30 bits per heavy atom. The molecule has 1 aliphatic rings. The normalized spacial score (nSPS) is 19.9. The van der Waals surface area contributed by atoms with Gasteiger partial charge in [-0.25, -0.2) is 0 Å². The van der Waals surface area contributed by atoms with E-state index in [9.17, 15) is 4.79 Å². The molecular formula is C14H19BrCl2N2O. The van der Waals surface area contributed by atoms with Gasteiger partial charge in [-0.2, -0.15) is 0 Å². The van der Waals surface area contributed by atoms with Crippen LogP contribution in [-0.4, -0.2) is 25.0 Å². The van der Waals surface area contributed by atoms with E-state index < -0.39 is 0 Å². The van der Waals surface area contributed by atoms with Crippen molar-refractivity contribution in [1.29, 1.82) is 0 Å². The summed E-state index contributed by atoms with van der Waals surface area (Å²) in [5.41, 5.74) is 0.528. The van der Waals surface area contributed by atoms with Crippen LogP contribution in [0.5, 0.6) is 0 Å². The molecule has 0 radical (unpaired) electrons. The maximum atomic E-state index is 12.2. The molecule has 2 unspecified atom stereocenters. The monoisotopic (exact) mass is 380 g/mol. The number of carbonyl (C=O) groups excluding carboxylic acids is 1. The number of carbonyl (C=O) groups is 1. The smallest absolute Gasteiger partial charge is 0.253 e. The van der Waals surface area contributed by atoms with E-state index in [1.807, 2.05) is 6.07 Å². The van der Waals surface area contributed by atoms with E-state index in [-0.39, 0.29) is 24.4 Å². The van der Waals surface area contributed by atoms with Crippen LogP contribution in [0.1, 0.15) is 30.1 Å². The van der Waals surface area contributed by atoms with Crippen molar-refractivity contribution >= 4 is 45.8 Å². The molecule has 1 fully saturated rings. The SMILES string of the molecule is CC(NC(=O)c1ccc(Br)cc1Cl)C1CCCNC1.Cl. The van der Waals surface area contributed by atoms with Gasteiger partial charge in [-0.3, -0.25) is 4.79 Å². The zero-order valence-corrected chi connectivity index (χ0v) is 14.4. The highest BCUT2D eigenvalue weighted by Gasteiger charge is 2.22. The zero-order chi connectivity index (χ0) is 13.8. The van der Waals surface area contributed by atoms with Gasteiger partial charge >= 0.3 is 0 Å². The lowest BCUT2D eigenvalue weighted by atomic mass is 9.92. The molecule has 1 aliphatic heterocycles. The summed E-state index contributed by atoms with van der Waals surface area (Å²) in [5.74, 6) is 0.391. The third-order valence-electron chi connectivity index (χ3n) is 3.58. The highest BCUT2D eigenvalue weighted by Crippen LogP contribution is 2.22. The van der Waals surface area contributed by atoms with E-state index in [1.165, 1.54) is 6.42 Å². The van der Waals surface area contributed by atoms with Crippen LogP contribution in [0.2, 0.25) is 5.02 Å². The Bertz CT molecular complexity index is 464. The highest BCUT2D eigenvalue weighted by molar-refractivity contribution is 9.10. The molecule has 6 heteroatoms. The summed E-state index contributed by atoms with van der Waals surface area (Å²) in [6.07, 6.45) is 2.33. The highest BCUT2D eigenvalue weighted by atomic mass is 79.9. The van der Waals surface area contributed by atoms with Gasteiger partial charge in [0.25, 0.3) is 5.91 Å². The van der Waals surface area contributed by atoms with Crippen molar-refractivity contribution in [2.75, 3.05) is 13.1 Å². The average Bonchev–Trinajstić information content (AvgIpc) is 2.39. The fourth-order valence-corrected chi connectivity index (χ4v) is 3.14. The maximum absolute atomic E-state index is 12.2. The van der Waals surface area contributed by atoms with E-state index in [0.717, 1.165) is 24.0 Å². The molecule has 2 rings (SSSR count). The summed E-state index contributed by atoms with van der Waals surface area (Å²) in [7, 11) is 0. The molecule has 0 saturated carbocycles. The van der Waals surface area contributed by atoms with Crippen molar-refractivity contribution in [3.05, 3.63) is 33.3 Å². The minimum absolute atomic E-state index is 0. The summed E-state index contributed by atoms with van der Waals surface area (Å²) in [4.78, 5) is 12.2. The molecule has 3 nitrogen and oxygen atoms in total. The first-order valence-corrected chi connectivity index (χ1v) is 7.71. The third-order valence-corrected chi connectivity index (χ3v) is 4.38. The molecule has 1 aromatic rings. The molecular weight excluding hydrogens is 363 g/mol. The van der Waals surface area contributed by atoms with Gasteiger partial charge in [-0.15, -0.1) is 12.4 Å². The van der Waals surface area contributed by atoms with Crippen molar-refractivity contribution in [2.24, 2.45) is 5.92 Å². The fourth-order valence-electron chi connectivity index (χ4n) is 2.38. The summed E-state index contributed by atoms with van der Waals surface area (Å²) in [6.45, 7) is 4.10. The fraction of sp³-hybridized carbons (Fsp3) is 0.500. The number of halogens is 3. The molecule has 2 N–H and O–H groups in total. The Kier molecular flexibility index (Phi) is 7.30. The molecule has 0 bridgehead atoms. The standard InChI is InChI=1S/C14H18BrClN2O.ClH/c1-9(10-3-2-6-17-8-10)18-14(19)12-5-4-11(15)7-13(12)16;/h4-5,7,9-10,17H,2-3,6,8H2,1H3,(H,18,19);1H. The second kappa shape index (κ2) is 8.23. The topological polar surface area (TPSA) is 41.1 Å². The molecule has 1 saturated heterocycles. The Balaban J connectivity index is 0.00000200. The van der Waals surface area contributed by atoms with Crippen LogP contribution in [0.15, 0.2) is 22.7 Å². The molecule has 1 aromatic carbocycles. The molecule has 2 atom stereocenters. The lowest BCUT2D eigenvalue weighted by Gasteiger charge is -2.29. The number of hydrogen-bond donors (Lipinski definition) is 2. The second-order valence-corrected chi connectivity index (χ2v) is 6.32. The first-order chi connectivity index (χ1) is 9.08. The number of nitrogens with one attached hydrogen (secondary N) is 2. The van der Waals surface area contributed by atoms with Crippen molar-refractivity contribution in [3.63, 3.8) is 0 Å². The zero-order valence-electron chi connectivity index (χ0n) is 11.3. The molecule has 20 heavy (non-hydrogen) atoms. The van der Waals surface area contributed by atoms with E-state index in [0.29, 0.717) is 16.5 Å². The van der Waals surface area contributed by atoms with Gasteiger partial charge in [0, 0.05) is 10.5 Å². The second-order valence-electron chi connectivity index (χ2n) is 4.99. The number of rotatable bonds is 3. The number of benzene rings is 1. The van der Waals surface area contributed by atoms with E-state index in [4.69, 9.17) is 11.6 Å². The summed E-state index contributed by atoms with van der Waals surface area (Å²) in [5, 5.41) is 6.88. The van der Waals surface area contributed by atoms with Gasteiger partial charge < -0.3 is 10.6 Å². The summed E-state index contributed by atoms with van der Waals surface area (Å²) < 4.78 is 0.874. The number of amides is 1. The Hall–Kier alpha value is -0.290. The van der Waals surface area contributed by atoms with Gasteiger partial charge in [-0.1, -0.05) is 27.5 Å². The summed E-state index contributed by atoms with van der Waals surface area (Å²) >= 11 is 9.42. The first-order valence-electron chi connectivity index (χ1n) is 6.54. The lowest BCUT2D eigenvalue weighted by Crippen LogP contribution is -2.44. The van der Waals surface area contributed by atoms with E-state index in [1.54, 1.807) is 12.1 Å². The van der Waals surface area contributed by atoms with Crippen LogP contribution in [0.4, 0.5) is 0 Å². The van der Waals surface area contributed by atoms with Crippen molar-refractivity contribution in [1.82, 2.24) is 10.6 Å². The largest absolute Gasteiger partial charge is 0.349 e. The van der Waals surface area contributed by atoms with Crippen LogP contribution >= 0.6 is 39.9 Å². The molecule has 0 aliphatic carbocycles. The van der Waals surface area contributed by atoms with Gasteiger partial charge in [0.15, 0.2) is 0 Å². The van der Waals surface area contributed by atoms with Gasteiger partial charge in [0.1, 0.15) is 0 Å². The van der Waals surface area contributed by atoms with Crippen molar-refractivity contribution in [2.45, 2.75) is 25.8 Å². The molecule has 0 aromatic heterocycles. The van der Waals surface area contributed by atoms with Crippen LogP contribution < -0.4 is 10.6 Å². The average molecular weight is 382 g/mol. The van der Waals surface area contributed by atoms with Gasteiger partial charge in [-0.05, 0) is 57.0 Å². The molecule has 0 spiro atoms. The van der Waals surface area contributed by atoms with Gasteiger partial charge in [0.05, 0.1) is 10.6 Å². The molecule has 112 valence electrons. The predicted octanol–water partition coefficient (Wildman–Crippen LogP) is 3.64. The Morgan fingerprint density at radius 3 is 2.90 bits per heavy atom. The van der Waals surface area contributed by atoms with Gasteiger partial charge in [0.2, 0.25) is 0 Å².